The van der Waals surface area contributed by atoms with Gasteiger partial charge in [-0.3, -0.25) is 0 Å². The molecule has 0 heterocycles. The van der Waals surface area contributed by atoms with Crippen LogP contribution in [-0.2, 0) is 6.42 Å². The Morgan fingerprint density at radius 3 is 1.27 bits per heavy atom. The summed E-state index contributed by atoms with van der Waals surface area (Å²) in [4.78, 5) is 8.48. The van der Waals surface area contributed by atoms with Crippen molar-refractivity contribution in [2.75, 3.05) is 9.80 Å². The van der Waals surface area contributed by atoms with Crippen LogP contribution in [0.15, 0.2) is 255 Å². The maximum atomic E-state index is 10.1. The minimum atomic E-state index is 0.337. The number of hydrogen-bond acceptors (Lipinski definition) is 5. The molecule has 0 atom stereocenters. The van der Waals surface area contributed by atoms with Crippen molar-refractivity contribution >= 4 is 129 Å². The largest absolute Gasteiger partial charge is 0.310 e. The highest BCUT2D eigenvalue weighted by Gasteiger charge is 2.20. The Bertz CT molecular complexity index is 5460. The molecular weight excluding hydrogens is 1140 g/mol. The summed E-state index contributed by atoms with van der Waals surface area (Å²) in [6, 6.07) is 96.3. The maximum absolute atomic E-state index is 10.1. The SMILES string of the molecule is CCCc1ccc2c(C#N)c(C#N)c3ccc(C=Cc4ccc(N(c5ccc(C)cc5)c5cccc6ccccc56)cc4)cc3c2c1.[C-]#[N+]c1c(C#N)c2cc(C(C)C)ccc2c2ccc(C=Cc3ccc(N(c4ccc(C)cc4)c4cccc5ccccc45)cc3)cc12. The van der Waals surface area contributed by atoms with Crippen LogP contribution in [0.5, 0.6) is 0 Å². The summed E-state index contributed by atoms with van der Waals surface area (Å²) < 4.78 is 0. The fourth-order valence-corrected chi connectivity index (χ4v) is 12.9. The minimum absolute atomic E-state index is 0.337. The molecule has 0 aliphatic carbocycles. The highest BCUT2D eigenvalue weighted by molar-refractivity contribution is 6.17. The van der Waals surface area contributed by atoms with E-state index in [1.807, 2.05) is 24.3 Å². The monoisotopic (exact) mass is 1210 g/mol. The van der Waals surface area contributed by atoms with E-state index < -0.39 is 0 Å². The first-order valence-corrected chi connectivity index (χ1v) is 31.9. The van der Waals surface area contributed by atoms with Gasteiger partial charge in [0.25, 0.3) is 0 Å². The maximum Gasteiger partial charge on any atom is 0.212 e. The fourth-order valence-electron chi connectivity index (χ4n) is 12.9. The van der Waals surface area contributed by atoms with Gasteiger partial charge in [0.2, 0.25) is 5.69 Å². The number of fused-ring (bicyclic) bond motifs is 8. The molecule has 0 bridgehead atoms. The van der Waals surface area contributed by atoms with Gasteiger partial charge in [0.05, 0.1) is 40.7 Å². The van der Waals surface area contributed by atoms with Crippen molar-refractivity contribution in [1.29, 1.82) is 15.8 Å². The molecule has 0 radical (unpaired) electrons. The predicted octanol–water partition coefficient (Wildman–Crippen LogP) is 24.4. The molecule has 0 aliphatic heterocycles. The zero-order valence-electron chi connectivity index (χ0n) is 53.2. The first-order chi connectivity index (χ1) is 46.0. The van der Waals surface area contributed by atoms with Crippen LogP contribution in [0.1, 0.15) is 94.3 Å². The predicted molar refractivity (Wildman–Crippen MR) is 396 cm³/mol. The van der Waals surface area contributed by atoms with Gasteiger partial charge in [-0.15, -0.1) is 0 Å². The Morgan fingerprint density at radius 2 is 0.787 bits per heavy atom. The Labute approximate surface area is 550 Å². The van der Waals surface area contributed by atoms with E-state index in [1.165, 1.54) is 38.2 Å². The van der Waals surface area contributed by atoms with Crippen molar-refractivity contribution in [3.05, 3.63) is 327 Å². The minimum Gasteiger partial charge on any atom is -0.310 e. The third-order valence-electron chi connectivity index (χ3n) is 17.8. The lowest BCUT2D eigenvalue weighted by atomic mass is 9.90. The molecule has 6 nitrogen and oxygen atoms in total. The van der Waals surface area contributed by atoms with Gasteiger partial charge < -0.3 is 9.80 Å². The van der Waals surface area contributed by atoms with E-state index >= 15 is 0 Å². The quantitative estimate of drug-likeness (QED) is 0.0653. The van der Waals surface area contributed by atoms with E-state index in [4.69, 9.17) is 6.57 Å². The van der Waals surface area contributed by atoms with Crippen molar-refractivity contribution in [3.8, 4) is 18.2 Å². The van der Waals surface area contributed by atoms with Crippen molar-refractivity contribution < 1.29 is 0 Å². The van der Waals surface area contributed by atoms with Crippen molar-refractivity contribution in [1.82, 2.24) is 0 Å². The highest BCUT2D eigenvalue weighted by Crippen LogP contribution is 2.43. The Balaban J connectivity index is 0.000000171. The van der Waals surface area contributed by atoms with Crippen molar-refractivity contribution in [2.24, 2.45) is 0 Å². The van der Waals surface area contributed by atoms with Crippen LogP contribution in [0.25, 0.3) is 93.8 Å². The van der Waals surface area contributed by atoms with E-state index in [-0.39, 0.29) is 0 Å². The molecule has 14 rings (SSSR count). The van der Waals surface area contributed by atoms with E-state index in [2.05, 4.69) is 322 Å². The molecule has 0 saturated carbocycles. The topological polar surface area (TPSA) is 82.2 Å². The van der Waals surface area contributed by atoms with Gasteiger partial charge in [-0.25, -0.2) is 4.85 Å². The van der Waals surface area contributed by atoms with E-state index in [9.17, 15) is 15.8 Å². The van der Waals surface area contributed by atoms with Gasteiger partial charge in [0, 0.05) is 44.3 Å². The molecule has 14 aromatic carbocycles. The van der Waals surface area contributed by atoms with Gasteiger partial charge in [0.15, 0.2) is 0 Å². The number of benzene rings is 14. The van der Waals surface area contributed by atoms with Crippen LogP contribution in [-0.4, -0.2) is 0 Å². The summed E-state index contributed by atoms with van der Waals surface area (Å²) >= 11 is 0. The zero-order chi connectivity index (χ0) is 64.8. The third kappa shape index (κ3) is 12.0. The number of rotatable bonds is 13. The summed E-state index contributed by atoms with van der Waals surface area (Å²) in [5.74, 6) is 0.337. The smallest absolute Gasteiger partial charge is 0.212 e. The molecule has 0 spiro atoms. The lowest BCUT2D eigenvalue weighted by Crippen LogP contribution is -2.10. The van der Waals surface area contributed by atoms with Crippen molar-refractivity contribution in [2.45, 2.75) is 53.4 Å². The lowest BCUT2D eigenvalue weighted by Gasteiger charge is -2.27. The number of anilines is 6. The average molecular weight is 1210 g/mol. The Kier molecular flexibility index (Phi) is 17.2. The first kappa shape index (κ1) is 60.6. The molecule has 0 fully saturated rings. The van der Waals surface area contributed by atoms with Gasteiger partial charge in [0.1, 0.15) is 12.1 Å². The van der Waals surface area contributed by atoms with E-state index in [1.54, 1.807) is 0 Å². The second-order valence-electron chi connectivity index (χ2n) is 24.3. The van der Waals surface area contributed by atoms with Crippen molar-refractivity contribution in [3.63, 3.8) is 0 Å². The summed E-state index contributed by atoms with van der Waals surface area (Å²) in [6.45, 7) is 18.6. The third-order valence-corrected chi connectivity index (χ3v) is 17.8. The molecule has 0 unspecified atom stereocenters. The van der Waals surface area contributed by atoms with E-state index in [0.29, 0.717) is 28.3 Å². The van der Waals surface area contributed by atoms with Crippen LogP contribution in [0.4, 0.5) is 39.8 Å². The molecule has 0 amide bonds. The Hall–Kier alpha value is -12.3. The molecule has 0 aliphatic rings. The fraction of sp³-hybridized carbons (Fsp3) is 0.0909. The van der Waals surface area contributed by atoms with E-state index in [0.717, 1.165) is 118 Å². The number of aryl methyl sites for hydroxylation is 3. The van der Waals surface area contributed by atoms with Crippen LogP contribution >= 0.6 is 0 Å². The van der Waals surface area contributed by atoms with Gasteiger partial charge in [-0.05, 0) is 169 Å². The zero-order valence-corrected chi connectivity index (χ0v) is 53.2. The van der Waals surface area contributed by atoms with Gasteiger partial charge >= 0.3 is 0 Å². The number of nitrogens with zero attached hydrogens (tertiary/aromatic N) is 6. The van der Waals surface area contributed by atoms with Crippen LogP contribution in [0, 0.1) is 54.4 Å². The highest BCUT2D eigenvalue weighted by atomic mass is 15.1. The second kappa shape index (κ2) is 26.6. The molecule has 448 valence electrons. The summed E-state index contributed by atoms with van der Waals surface area (Å²) in [6.07, 6.45) is 10.4. The van der Waals surface area contributed by atoms with Crippen LogP contribution < -0.4 is 9.80 Å². The lowest BCUT2D eigenvalue weighted by molar-refractivity contribution is 0.869. The molecule has 14 aromatic rings. The normalized spacial score (nSPS) is 11.3. The second-order valence-corrected chi connectivity index (χ2v) is 24.3. The standard InChI is InChI=1S/2C44H33N3/c1-29(2)34-19-25-38-39-24-18-32(26-41(39)44(46-4)42(28-45)40(38)27-34)15-14-31-16-22-36(23-17-31)47(35-20-12-30(3)13-21-35)43-11-7-9-33-8-5-6-10-37(33)43;1-3-7-32-18-24-38-40(26-32)41-27-33(19-25-39(41)43(29-46)42(38)28-45)15-14-31-16-22-36(23-17-31)47(35-20-12-30(2)13-21-35)44-11-6-9-34-8-4-5-10-37(34)44/h5-27,29H,1-3H3;4-6,8-27H,3,7H2,1-2H3. The molecule has 0 N–H and O–H groups in total. The van der Waals surface area contributed by atoms with Crippen LogP contribution in [0.3, 0.4) is 0 Å². The molecular formula is C88H66N6. The van der Waals surface area contributed by atoms with Gasteiger partial charge in [-0.1, -0.05) is 251 Å². The average Bonchev–Trinajstić information content (AvgIpc) is 0.851. The van der Waals surface area contributed by atoms with Crippen LogP contribution in [0.2, 0.25) is 0 Å². The summed E-state index contributed by atoms with van der Waals surface area (Å²) in [7, 11) is 0. The first-order valence-electron chi connectivity index (χ1n) is 31.9. The number of hydrogen-bond donors (Lipinski definition) is 0. The summed E-state index contributed by atoms with van der Waals surface area (Å²) in [5.41, 5.74) is 17.4. The molecule has 6 heteroatoms. The number of nitriles is 3. The summed E-state index contributed by atoms with van der Waals surface area (Å²) in [5, 5.41) is 42.2. The Morgan fingerprint density at radius 1 is 0.383 bits per heavy atom. The molecule has 0 saturated heterocycles. The van der Waals surface area contributed by atoms with Gasteiger partial charge in [-0.2, -0.15) is 15.8 Å². The molecule has 94 heavy (non-hydrogen) atoms. The molecule has 0 aromatic heterocycles.